The summed E-state index contributed by atoms with van der Waals surface area (Å²) in [5.74, 6) is -1.46. The van der Waals surface area contributed by atoms with Crippen LogP contribution < -0.4 is 10.9 Å². The minimum Gasteiger partial charge on any atom is -0.422 e. The Labute approximate surface area is 181 Å². The van der Waals surface area contributed by atoms with Crippen molar-refractivity contribution in [2.24, 2.45) is 0 Å². The van der Waals surface area contributed by atoms with Crippen molar-refractivity contribution in [3.8, 4) is 0 Å². The maximum absolute atomic E-state index is 13.1. The molecule has 9 heteroatoms. The number of rotatable bonds is 5. The molecule has 3 aromatic carbocycles. The molecule has 0 aliphatic rings. The van der Waals surface area contributed by atoms with E-state index < -0.39 is 32.1 Å². The molecule has 1 N–H and O–H groups in total. The summed E-state index contributed by atoms with van der Waals surface area (Å²) in [5.41, 5.74) is -0.0729. The molecular formula is C23H15F2NO5S. The number of amides is 1. The summed E-state index contributed by atoms with van der Waals surface area (Å²) >= 11 is 0. The summed E-state index contributed by atoms with van der Waals surface area (Å²) in [5, 5.41) is 2.90. The Balaban J connectivity index is 1.65. The SMILES string of the molecule is O=C(NCc1ccc(F)cc1)c1ccc2oc(=O)c(S(=O)(=O)c3ccc(F)cc3)cc2c1. The van der Waals surface area contributed by atoms with E-state index in [2.05, 4.69) is 5.32 Å². The Morgan fingerprint density at radius 1 is 0.875 bits per heavy atom. The first-order valence-electron chi connectivity index (χ1n) is 9.35. The van der Waals surface area contributed by atoms with Crippen molar-refractivity contribution in [3.05, 3.63) is 106 Å². The maximum atomic E-state index is 13.1. The van der Waals surface area contributed by atoms with Crippen molar-refractivity contribution in [2.75, 3.05) is 0 Å². The number of hydrogen-bond donors (Lipinski definition) is 1. The lowest BCUT2D eigenvalue weighted by Gasteiger charge is -2.08. The fraction of sp³-hybridized carbons (Fsp3) is 0.0435. The van der Waals surface area contributed by atoms with E-state index in [9.17, 15) is 26.8 Å². The number of fused-ring (bicyclic) bond motifs is 1. The summed E-state index contributed by atoms with van der Waals surface area (Å²) in [6.07, 6.45) is 0. The molecule has 0 spiro atoms. The molecule has 4 aromatic rings. The smallest absolute Gasteiger partial charge is 0.355 e. The van der Waals surface area contributed by atoms with Crippen LogP contribution in [-0.2, 0) is 16.4 Å². The van der Waals surface area contributed by atoms with Crippen LogP contribution in [0.1, 0.15) is 15.9 Å². The topological polar surface area (TPSA) is 93.4 Å². The molecule has 0 aliphatic carbocycles. The molecule has 0 saturated heterocycles. The summed E-state index contributed by atoms with van der Waals surface area (Å²) in [6.45, 7) is 0.158. The van der Waals surface area contributed by atoms with Crippen LogP contribution in [0.15, 0.2) is 91.8 Å². The van der Waals surface area contributed by atoms with Crippen molar-refractivity contribution in [2.45, 2.75) is 16.3 Å². The number of carbonyl (C=O) groups excluding carboxylic acids is 1. The molecule has 162 valence electrons. The molecular weight excluding hydrogens is 440 g/mol. The molecule has 0 fully saturated rings. The van der Waals surface area contributed by atoms with Crippen LogP contribution in [0, 0.1) is 11.6 Å². The van der Waals surface area contributed by atoms with Gasteiger partial charge in [0.25, 0.3) is 5.91 Å². The molecule has 0 radical (unpaired) electrons. The predicted molar refractivity (Wildman–Crippen MR) is 112 cm³/mol. The number of hydrogen-bond acceptors (Lipinski definition) is 5. The lowest BCUT2D eigenvalue weighted by molar-refractivity contribution is 0.0951. The molecule has 1 aromatic heterocycles. The molecule has 4 rings (SSSR count). The van der Waals surface area contributed by atoms with Crippen molar-refractivity contribution in [3.63, 3.8) is 0 Å². The lowest BCUT2D eigenvalue weighted by atomic mass is 10.1. The van der Waals surface area contributed by atoms with E-state index in [1.165, 1.54) is 42.5 Å². The molecule has 1 heterocycles. The summed E-state index contributed by atoms with van der Waals surface area (Å²) < 4.78 is 56.9. The van der Waals surface area contributed by atoms with Gasteiger partial charge in [0, 0.05) is 17.5 Å². The second kappa shape index (κ2) is 8.35. The van der Waals surface area contributed by atoms with Crippen LogP contribution in [0.2, 0.25) is 0 Å². The van der Waals surface area contributed by atoms with Crippen molar-refractivity contribution >= 4 is 26.7 Å². The van der Waals surface area contributed by atoms with Gasteiger partial charge in [0.1, 0.15) is 17.2 Å². The Kier molecular flexibility index (Phi) is 5.58. The van der Waals surface area contributed by atoms with Crippen molar-refractivity contribution in [1.82, 2.24) is 5.32 Å². The van der Waals surface area contributed by atoms with Gasteiger partial charge in [-0.15, -0.1) is 0 Å². The zero-order valence-electron chi connectivity index (χ0n) is 16.3. The minimum atomic E-state index is -4.26. The standard InChI is InChI=1S/C23H15F2NO5S/c24-17-4-1-14(2-5-17)13-26-22(27)15-3-10-20-16(11-15)12-21(23(28)31-20)32(29,30)19-8-6-18(25)7-9-19/h1-12H,13H2,(H,26,27). The summed E-state index contributed by atoms with van der Waals surface area (Å²) in [7, 11) is -4.26. The van der Waals surface area contributed by atoms with Crippen molar-refractivity contribution in [1.29, 1.82) is 0 Å². The van der Waals surface area contributed by atoms with Gasteiger partial charge in [0.2, 0.25) is 9.84 Å². The van der Waals surface area contributed by atoms with Gasteiger partial charge >= 0.3 is 5.63 Å². The lowest BCUT2D eigenvalue weighted by Crippen LogP contribution is -2.22. The summed E-state index contributed by atoms with van der Waals surface area (Å²) in [4.78, 5) is 23.9. The highest BCUT2D eigenvalue weighted by Crippen LogP contribution is 2.23. The fourth-order valence-corrected chi connectivity index (χ4v) is 4.35. The number of nitrogens with one attached hydrogen (secondary N) is 1. The fourth-order valence-electron chi connectivity index (χ4n) is 3.06. The van der Waals surface area contributed by atoms with E-state index in [0.29, 0.717) is 5.56 Å². The van der Waals surface area contributed by atoms with Crippen LogP contribution in [0.3, 0.4) is 0 Å². The van der Waals surface area contributed by atoms with Gasteiger partial charge in [-0.1, -0.05) is 12.1 Å². The zero-order valence-corrected chi connectivity index (χ0v) is 17.2. The van der Waals surface area contributed by atoms with E-state index in [-0.39, 0.29) is 33.8 Å². The van der Waals surface area contributed by atoms with Gasteiger partial charge in [0.15, 0.2) is 4.90 Å². The second-order valence-electron chi connectivity index (χ2n) is 6.92. The van der Waals surface area contributed by atoms with E-state index in [1.807, 2.05) is 0 Å². The van der Waals surface area contributed by atoms with Crippen LogP contribution in [0.25, 0.3) is 11.0 Å². The number of halogens is 2. The van der Waals surface area contributed by atoms with Gasteiger partial charge in [0.05, 0.1) is 4.90 Å². The Bertz CT molecular complexity index is 1480. The molecule has 0 bridgehead atoms. The van der Waals surface area contributed by atoms with E-state index in [1.54, 1.807) is 0 Å². The molecule has 0 unspecified atom stereocenters. The normalized spacial score (nSPS) is 11.4. The third-order valence-electron chi connectivity index (χ3n) is 4.74. The quantitative estimate of drug-likeness (QED) is 0.365. The van der Waals surface area contributed by atoms with Gasteiger partial charge < -0.3 is 9.73 Å². The predicted octanol–water partition coefficient (Wildman–Crippen LogP) is 3.83. The highest BCUT2D eigenvalue weighted by Gasteiger charge is 2.23. The monoisotopic (exact) mass is 455 g/mol. The highest BCUT2D eigenvalue weighted by molar-refractivity contribution is 7.91. The van der Waals surface area contributed by atoms with E-state index >= 15 is 0 Å². The minimum absolute atomic E-state index is 0.100. The number of sulfone groups is 1. The van der Waals surface area contributed by atoms with Crippen molar-refractivity contribution < 1.29 is 26.4 Å². The third-order valence-corrected chi connectivity index (χ3v) is 6.50. The van der Waals surface area contributed by atoms with E-state index in [0.717, 1.165) is 30.3 Å². The molecule has 32 heavy (non-hydrogen) atoms. The van der Waals surface area contributed by atoms with Gasteiger partial charge in [-0.25, -0.2) is 22.0 Å². The first-order chi connectivity index (χ1) is 15.2. The van der Waals surface area contributed by atoms with E-state index in [4.69, 9.17) is 4.42 Å². The van der Waals surface area contributed by atoms with Crippen LogP contribution >= 0.6 is 0 Å². The number of benzene rings is 3. The maximum Gasteiger partial charge on any atom is 0.355 e. The largest absolute Gasteiger partial charge is 0.422 e. The Morgan fingerprint density at radius 3 is 2.16 bits per heavy atom. The zero-order chi connectivity index (χ0) is 22.9. The summed E-state index contributed by atoms with van der Waals surface area (Å²) in [6, 6.07) is 15.0. The van der Waals surface area contributed by atoms with Gasteiger partial charge in [-0.3, -0.25) is 4.79 Å². The second-order valence-corrected chi connectivity index (χ2v) is 8.84. The Hall–Kier alpha value is -3.85. The average molecular weight is 455 g/mol. The van der Waals surface area contributed by atoms with Crippen LogP contribution in [0.5, 0.6) is 0 Å². The van der Waals surface area contributed by atoms with Crippen LogP contribution in [-0.4, -0.2) is 14.3 Å². The van der Waals surface area contributed by atoms with Gasteiger partial charge in [-0.2, -0.15) is 0 Å². The number of carbonyl (C=O) groups is 1. The average Bonchev–Trinajstić information content (AvgIpc) is 2.78. The molecule has 0 aliphatic heterocycles. The van der Waals surface area contributed by atoms with Gasteiger partial charge in [-0.05, 0) is 66.2 Å². The molecule has 0 saturated carbocycles. The first kappa shape index (κ1) is 21.4. The first-order valence-corrected chi connectivity index (χ1v) is 10.8. The molecule has 1 amide bonds. The third kappa shape index (κ3) is 4.28. The Morgan fingerprint density at radius 2 is 1.50 bits per heavy atom. The van der Waals surface area contributed by atoms with Crippen LogP contribution in [0.4, 0.5) is 8.78 Å². The molecule has 6 nitrogen and oxygen atoms in total. The highest BCUT2D eigenvalue weighted by atomic mass is 32.2. The molecule has 0 atom stereocenters.